The fourth-order valence-electron chi connectivity index (χ4n) is 5.09. The molecule has 0 aliphatic carbocycles. The minimum atomic E-state index is -2.27. The maximum absolute atomic E-state index is 12.6. The number of carboxylic acids is 2. The van der Waals surface area contributed by atoms with Crippen LogP contribution < -0.4 is 0 Å². The van der Waals surface area contributed by atoms with E-state index in [0.29, 0.717) is 18.1 Å². The van der Waals surface area contributed by atoms with Gasteiger partial charge in [0, 0.05) is 25.7 Å². The summed E-state index contributed by atoms with van der Waals surface area (Å²) < 4.78 is 6.96. The molecule has 0 saturated carbocycles. The molecule has 5 N–H and O–H groups in total. The normalized spacial score (nSPS) is 28.3. The Hall–Kier alpha value is -2.53. The Kier molecular flexibility index (Phi) is 9.57. The Morgan fingerprint density at radius 3 is 1.82 bits per heavy atom. The van der Waals surface area contributed by atoms with Gasteiger partial charge in [-0.3, -0.25) is 4.79 Å². The van der Waals surface area contributed by atoms with E-state index >= 15 is 0 Å². The molecule has 190 valence electrons. The number of esters is 1. The van der Waals surface area contributed by atoms with Gasteiger partial charge in [0.2, 0.25) is 0 Å². The fraction of sp³-hybridized carbons (Fsp3) is 0.625. The number of aliphatic carboxylic acids is 2. The van der Waals surface area contributed by atoms with Gasteiger partial charge >= 0.3 is 17.9 Å². The van der Waals surface area contributed by atoms with Crippen molar-refractivity contribution in [3.05, 3.63) is 35.9 Å². The third kappa shape index (κ3) is 6.12. The summed E-state index contributed by atoms with van der Waals surface area (Å²) in [6.45, 7) is 4.39. The SMILES string of the molecule is CC(C)[N+]1(C)[C@@H]2CC[C@@H]1CC(OC(=O)C(CO)c1ccccc1)C2.O=C(O)C(O)C(O)C(=O)O. The van der Waals surface area contributed by atoms with Crippen LogP contribution in [-0.4, -0.2) is 98.0 Å². The molecule has 10 heteroatoms. The van der Waals surface area contributed by atoms with E-state index in [2.05, 4.69) is 20.9 Å². The summed E-state index contributed by atoms with van der Waals surface area (Å²) >= 11 is 0. The van der Waals surface area contributed by atoms with Gasteiger partial charge < -0.3 is 34.8 Å². The molecule has 34 heavy (non-hydrogen) atoms. The molecule has 2 saturated heterocycles. The minimum Gasteiger partial charge on any atom is -0.479 e. The third-order valence-electron chi connectivity index (χ3n) is 7.35. The molecule has 1 aromatic carbocycles. The maximum Gasteiger partial charge on any atom is 0.335 e. The monoisotopic (exact) mass is 482 g/mol. The molecule has 3 unspecified atom stereocenters. The van der Waals surface area contributed by atoms with E-state index in [1.54, 1.807) is 0 Å². The van der Waals surface area contributed by atoms with Crippen LogP contribution in [0.25, 0.3) is 0 Å². The zero-order chi connectivity index (χ0) is 25.6. The Labute approximate surface area is 199 Å². The number of hydrogen-bond acceptors (Lipinski definition) is 7. The van der Waals surface area contributed by atoms with E-state index in [-0.39, 0.29) is 18.7 Å². The number of aliphatic hydroxyl groups is 3. The van der Waals surface area contributed by atoms with Crippen molar-refractivity contribution in [2.75, 3.05) is 13.7 Å². The number of aliphatic hydroxyl groups excluding tert-OH is 3. The van der Waals surface area contributed by atoms with Crippen LogP contribution in [0.1, 0.15) is 51.0 Å². The van der Waals surface area contributed by atoms with E-state index in [4.69, 9.17) is 25.2 Å². The first-order chi connectivity index (χ1) is 15.9. The standard InChI is InChI=1S/C20H30NO3.C4H6O6/c1-14(2)21(3)16-9-10-17(21)12-18(11-16)24-20(23)19(13-22)15-7-5-4-6-8-15;5-1(3(7)8)2(6)4(9)10/h4-8,14,16-19,22H,9-13H2,1-3H3;1-2,5-6H,(H,7,8)(H,9,10)/q+1;/t16-,17-,18?,19?,21?;/m1./s1. The predicted octanol–water partition coefficient (Wildman–Crippen LogP) is 0.732. The number of benzene rings is 1. The lowest BCUT2D eigenvalue weighted by Crippen LogP contribution is -2.62. The van der Waals surface area contributed by atoms with Crippen LogP contribution >= 0.6 is 0 Å². The highest BCUT2D eigenvalue weighted by atomic mass is 16.5. The van der Waals surface area contributed by atoms with Crippen molar-refractivity contribution in [3.8, 4) is 0 Å². The molecule has 3 rings (SSSR count). The lowest BCUT2D eigenvalue weighted by molar-refractivity contribution is -0.968. The summed E-state index contributed by atoms with van der Waals surface area (Å²) in [5, 5.41) is 42.2. The second-order valence-electron chi connectivity index (χ2n) is 9.44. The first-order valence-electron chi connectivity index (χ1n) is 11.5. The quantitative estimate of drug-likeness (QED) is 0.266. The number of carbonyl (C=O) groups excluding carboxylic acids is 1. The number of piperidine rings is 1. The molecular formula is C24H36NO9+. The van der Waals surface area contributed by atoms with Crippen LogP contribution in [0.2, 0.25) is 0 Å². The molecule has 2 aliphatic heterocycles. The Bertz CT molecular complexity index is 812. The maximum atomic E-state index is 12.6. The van der Waals surface area contributed by atoms with Gasteiger partial charge in [-0.15, -0.1) is 0 Å². The number of rotatable bonds is 8. The van der Waals surface area contributed by atoms with Crippen LogP contribution in [0.15, 0.2) is 30.3 Å². The van der Waals surface area contributed by atoms with Gasteiger partial charge in [0.05, 0.1) is 31.8 Å². The summed E-state index contributed by atoms with van der Waals surface area (Å²) in [4.78, 5) is 32.1. The van der Waals surface area contributed by atoms with Crippen molar-refractivity contribution in [1.82, 2.24) is 0 Å². The molecule has 0 radical (unpaired) electrons. The molecule has 0 aromatic heterocycles. The average molecular weight is 483 g/mol. The van der Waals surface area contributed by atoms with Gasteiger partial charge in [0.15, 0.2) is 12.2 Å². The zero-order valence-electron chi connectivity index (χ0n) is 19.8. The van der Waals surface area contributed by atoms with E-state index < -0.39 is 30.1 Å². The van der Waals surface area contributed by atoms with Crippen molar-refractivity contribution in [2.45, 2.75) is 81.9 Å². The summed E-state index contributed by atoms with van der Waals surface area (Å²) in [6.07, 6.45) is -0.175. The highest BCUT2D eigenvalue weighted by molar-refractivity contribution is 5.83. The van der Waals surface area contributed by atoms with Gasteiger partial charge in [0.25, 0.3) is 0 Å². The number of carboxylic acid groups (broad SMARTS) is 2. The highest BCUT2D eigenvalue weighted by Gasteiger charge is 2.53. The largest absolute Gasteiger partial charge is 0.479 e. The molecular weight excluding hydrogens is 446 g/mol. The summed E-state index contributed by atoms with van der Waals surface area (Å²) in [5.41, 5.74) is 0.826. The van der Waals surface area contributed by atoms with E-state index in [1.807, 2.05) is 30.3 Å². The minimum absolute atomic E-state index is 0.00212. The van der Waals surface area contributed by atoms with E-state index in [9.17, 15) is 19.5 Å². The van der Waals surface area contributed by atoms with E-state index in [1.165, 1.54) is 12.8 Å². The van der Waals surface area contributed by atoms with Crippen LogP contribution in [-0.2, 0) is 19.1 Å². The lowest BCUT2D eigenvalue weighted by atomic mass is 9.94. The first-order valence-corrected chi connectivity index (χ1v) is 11.5. The van der Waals surface area contributed by atoms with Crippen LogP contribution in [0, 0.1) is 0 Å². The number of ether oxygens (including phenoxy) is 1. The van der Waals surface area contributed by atoms with Crippen LogP contribution in [0.3, 0.4) is 0 Å². The lowest BCUT2D eigenvalue weighted by Gasteiger charge is -2.49. The number of quaternary nitrogens is 1. The average Bonchev–Trinajstić information content (AvgIpc) is 2.96. The van der Waals surface area contributed by atoms with Crippen molar-refractivity contribution in [1.29, 1.82) is 0 Å². The van der Waals surface area contributed by atoms with Gasteiger partial charge in [-0.25, -0.2) is 9.59 Å². The third-order valence-corrected chi connectivity index (χ3v) is 7.35. The van der Waals surface area contributed by atoms with Gasteiger partial charge in [-0.2, -0.15) is 0 Å². The Morgan fingerprint density at radius 2 is 1.44 bits per heavy atom. The highest BCUT2D eigenvalue weighted by Crippen LogP contribution is 2.44. The molecule has 10 nitrogen and oxygen atoms in total. The summed E-state index contributed by atoms with van der Waals surface area (Å²) in [5.74, 6) is -4.39. The van der Waals surface area contributed by atoms with Gasteiger partial charge in [-0.05, 0) is 19.4 Å². The Morgan fingerprint density at radius 1 is 0.971 bits per heavy atom. The van der Waals surface area contributed by atoms with Crippen LogP contribution in [0.4, 0.5) is 0 Å². The fourth-order valence-corrected chi connectivity index (χ4v) is 5.09. The van der Waals surface area contributed by atoms with E-state index in [0.717, 1.165) is 22.9 Å². The number of nitrogens with zero attached hydrogens (tertiary/aromatic N) is 1. The van der Waals surface area contributed by atoms with Crippen molar-refractivity contribution >= 4 is 17.9 Å². The first kappa shape index (κ1) is 27.7. The molecule has 2 bridgehead atoms. The van der Waals surface area contributed by atoms with Gasteiger partial charge in [0.1, 0.15) is 12.0 Å². The molecule has 0 spiro atoms. The van der Waals surface area contributed by atoms with Crippen molar-refractivity contribution < 1.29 is 49.1 Å². The smallest absolute Gasteiger partial charge is 0.335 e. The zero-order valence-corrected chi connectivity index (χ0v) is 19.8. The topological polar surface area (TPSA) is 162 Å². The second kappa shape index (κ2) is 11.7. The second-order valence-corrected chi connectivity index (χ2v) is 9.44. The van der Waals surface area contributed by atoms with Gasteiger partial charge in [-0.1, -0.05) is 30.3 Å². The number of fused-ring (bicyclic) bond motifs is 2. The molecule has 1 aromatic rings. The number of carbonyl (C=O) groups is 3. The summed E-state index contributed by atoms with van der Waals surface area (Å²) in [7, 11) is 2.37. The molecule has 2 heterocycles. The Balaban J connectivity index is 0.000000347. The molecule has 2 fully saturated rings. The van der Waals surface area contributed by atoms with Crippen molar-refractivity contribution in [3.63, 3.8) is 0 Å². The number of hydrogen-bond donors (Lipinski definition) is 5. The molecule has 5 atom stereocenters. The molecule has 0 amide bonds. The molecule has 2 aliphatic rings. The van der Waals surface area contributed by atoms with Crippen LogP contribution in [0.5, 0.6) is 0 Å². The predicted molar refractivity (Wildman–Crippen MR) is 121 cm³/mol. The van der Waals surface area contributed by atoms with Crippen molar-refractivity contribution in [2.24, 2.45) is 0 Å². The summed E-state index contributed by atoms with van der Waals surface area (Å²) in [6, 6.07) is 11.2.